The third-order valence-electron chi connectivity index (χ3n) is 2.67. The van der Waals surface area contributed by atoms with E-state index < -0.39 is 0 Å². The highest BCUT2D eigenvalue weighted by Gasteiger charge is 2.17. The molecule has 0 amide bonds. The maximum atomic E-state index is 11.8. The molecule has 2 rings (SSSR count). The van der Waals surface area contributed by atoms with Crippen molar-refractivity contribution in [3.05, 3.63) is 34.9 Å². The van der Waals surface area contributed by atoms with Crippen LogP contribution in [-0.2, 0) is 7.05 Å². The molecule has 15 heavy (non-hydrogen) atoms. The first-order valence-electron chi connectivity index (χ1n) is 5.12. The van der Waals surface area contributed by atoms with Gasteiger partial charge in [0.2, 0.25) is 0 Å². The van der Waals surface area contributed by atoms with Gasteiger partial charge in [-0.05, 0) is 12.8 Å². The minimum absolute atomic E-state index is 0.0350. The van der Waals surface area contributed by atoms with Gasteiger partial charge in [0.1, 0.15) is 0 Å². The standard InChI is InChI=1S/C11H15N3O/c1-9-4-3-6-14(8-9)10-11(15)13(2)7-5-12-10/h5,7H,1,3-4,6,8H2,2H3. The summed E-state index contributed by atoms with van der Waals surface area (Å²) in [6.45, 7) is 5.61. The van der Waals surface area contributed by atoms with Crippen molar-refractivity contribution in [3.63, 3.8) is 0 Å². The molecule has 80 valence electrons. The molecule has 1 aromatic heterocycles. The van der Waals surface area contributed by atoms with Crippen LogP contribution in [0.2, 0.25) is 0 Å². The van der Waals surface area contributed by atoms with E-state index in [0.29, 0.717) is 5.82 Å². The Kier molecular flexibility index (Phi) is 2.58. The van der Waals surface area contributed by atoms with Crippen LogP contribution in [0.3, 0.4) is 0 Å². The van der Waals surface area contributed by atoms with Crippen molar-refractivity contribution in [2.45, 2.75) is 12.8 Å². The maximum Gasteiger partial charge on any atom is 0.293 e. The van der Waals surface area contributed by atoms with Crippen LogP contribution < -0.4 is 10.5 Å². The zero-order valence-corrected chi connectivity index (χ0v) is 8.94. The van der Waals surface area contributed by atoms with E-state index >= 15 is 0 Å². The monoisotopic (exact) mass is 205 g/mol. The van der Waals surface area contributed by atoms with E-state index in [-0.39, 0.29) is 5.56 Å². The van der Waals surface area contributed by atoms with Crippen molar-refractivity contribution in [3.8, 4) is 0 Å². The molecule has 0 spiro atoms. The van der Waals surface area contributed by atoms with Crippen molar-refractivity contribution < 1.29 is 0 Å². The molecule has 0 unspecified atom stereocenters. The molecule has 1 fully saturated rings. The molecule has 2 heterocycles. The van der Waals surface area contributed by atoms with E-state index in [1.807, 2.05) is 4.90 Å². The van der Waals surface area contributed by atoms with E-state index in [1.54, 1.807) is 24.0 Å². The van der Waals surface area contributed by atoms with Gasteiger partial charge in [-0.1, -0.05) is 12.2 Å². The van der Waals surface area contributed by atoms with Gasteiger partial charge in [-0.2, -0.15) is 0 Å². The van der Waals surface area contributed by atoms with Gasteiger partial charge in [0, 0.05) is 32.5 Å². The Labute approximate surface area is 88.9 Å². The lowest BCUT2D eigenvalue weighted by molar-refractivity contribution is 0.662. The highest BCUT2D eigenvalue weighted by atomic mass is 16.1. The normalized spacial score (nSPS) is 16.9. The summed E-state index contributed by atoms with van der Waals surface area (Å²) >= 11 is 0. The average Bonchev–Trinajstić information content (AvgIpc) is 2.22. The Morgan fingerprint density at radius 1 is 1.53 bits per heavy atom. The lowest BCUT2D eigenvalue weighted by atomic mass is 10.1. The van der Waals surface area contributed by atoms with Crippen LogP contribution in [0.4, 0.5) is 5.82 Å². The SMILES string of the molecule is C=C1CCCN(c2nccn(C)c2=O)C1. The third kappa shape index (κ3) is 1.93. The predicted octanol–water partition coefficient (Wildman–Crippen LogP) is 0.937. The van der Waals surface area contributed by atoms with Crippen LogP contribution >= 0.6 is 0 Å². The molecule has 4 heteroatoms. The van der Waals surface area contributed by atoms with Gasteiger partial charge in [0.15, 0.2) is 5.82 Å². The van der Waals surface area contributed by atoms with Gasteiger partial charge in [-0.3, -0.25) is 4.79 Å². The van der Waals surface area contributed by atoms with Crippen molar-refractivity contribution in [2.24, 2.45) is 7.05 Å². The van der Waals surface area contributed by atoms with E-state index in [1.165, 1.54) is 5.57 Å². The predicted molar refractivity (Wildman–Crippen MR) is 60.1 cm³/mol. The molecule has 0 aliphatic carbocycles. The number of aromatic nitrogens is 2. The third-order valence-corrected chi connectivity index (χ3v) is 2.67. The van der Waals surface area contributed by atoms with Crippen molar-refractivity contribution in [1.82, 2.24) is 9.55 Å². The molecule has 4 nitrogen and oxygen atoms in total. The average molecular weight is 205 g/mol. The highest BCUT2D eigenvalue weighted by molar-refractivity contribution is 5.38. The Hall–Kier alpha value is -1.58. The van der Waals surface area contributed by atoms with Gasteiger partial charge in [0.05, 0.1) is 0 Å². The summed E-state index contributed by atoms with van der Waals surface area (Å²) in [5.74, 6) is 0.542. The van der Waals surface area contributed by atoms with Gasteiger partial charge in [-0.15, -0.1) is 0 Å². The van der Waals surface area contributed by atoms with E-state index in [0.717, 1.165) is 25.9 Å². The minimum atomic E-state index is -0.0350. The summed E-state index contributed by atoms with van der Waals surface area (Å²) in [4.78, 5) is 18.0. The van der Waals surface area contributed by atoms with Crippen molar-refractivity contribution in [1.29, 1.82) is 0 Å². The molecule has 1 aromatic rings. The number of hydrogen-bond acceptors (Lipinski definition) is 3. The van der Waals surface area contributed by atoms with Crippen LogP contribution in [0.15, 0.2) is 29.3 Å². The number of anilines is 1. The zero-order chi connectivity index (χ0) is 10.8. The molecule has 0 saturated carbocycles. The number of aryl methyl sites for hydroxylation is 1. The van der Waals surface area contributed by atoms with Gasteiger partial charge in [0.25, 0.3) is 5.56 Å². The second-order valence-electron chi connectivity index (χ2n) is 3.94. The molecule has 0 N–H and O–H groups in total. The number of nitrogens with zero attached hydrogens (tertiary/aromatic N) is 3. The quantitative estimate of drug-likeness (QED) is 0.640. The van der Waals surface area contributed by atoms with Crippen LogP contribution in [0.5, 0.6) is 0 Å². The second kappa shape index (κ2) is 3.88. The van der Waals surface area contributed by atoms with Crippen LogP contribution in [0, 0.1) is 0 Å². The fourth-order valence-electron chi connectivity index (χ4n) is 1.83. The Bertz CT molecular complexity index is 436. The first-order valence-corrected chi connectivity index (χ1v) is 5.12. The summed E-state index contributed by atoms with van der Waals surface area (Å²) in [6, 6.07) is 0. The Morgan fingerprint density at radius 2 is 2.33 bits per heavy atom. The lowest BCUT2D eigenvalue weighted by Crippen LogP contribution is -2.37. The van der Waals surface area contributed by atoms with Crippen LogP contribution in [-0.4, -0.2) is 22.6 Å². The minimum Gasteiger partial charge on any atom is -0.348 e. The van der Waals surface area contributed by atoms with E-state index in [2.05, 4.69) is 11.6 Å². The molecule has 1 aliphatic heterocycles. The van der Waals surface area contributed by atoms with Gasteiger partial charge < -0.3 is 9.47 Å². The first kappa shape index (κ1) is 9.96. The zero-order valence-electron chi connectivity index (χ0n) is 8.94. The Balaban J connectivity index is 2.33. The molecule has 1 aliphatic rings. The maximum absolute atomic E-state index is 11.8. The summed E-state index contributed by atoms with van der Waals surface area (Å²) in [5, 5.41) is 0. The fraction of sp³-hybridized carbons (Fsp3) is 0.455. The molecule has 1 saturated heterocycles. The molecule has 0 atom stereocenters. The molecule has 0 bridgehead atoms. The highest BCUT2D eigenvalue weighted by Crippen LogP contribution is 2.16. The topological polar surface area (TPSA) is 38.1 Å². The Morgan fingerprint density at radius 3 is 3.07 bits per heavy atom. The summed E-state index contributed by atoms with van der Waals surface area (Å²) in [5.41, 5.74) is 1.14. The lowest BCUT2D eigenvalue weighted by Gasteiger charge is -2.28. The molecule has 0 aromatic carbocycles. The number of rotatable bonds is 1. The van der Waals surface area contributed by atoms with E-state index in [4.69, 9.17) is 0 Å². The van der Waals surface area contributed by atoms with Crippen molar-refractivity contribution in [2.75, 3.05) is 18.0 Å². The number of piperidine rings is 1. The summed E-state index contributed by atoms with van der Waals surface area (Å²) < 4.78 is 1.56. The smallest absolute Gasteiger partial charge is 0.293 e. The molecule has 0 radical (unpaired) electrons. The second-order valence-corrected chi connectivity index (χ2v) is 3.94. The van der Waals surface area contributed by atoms with Gasteiger partial charge in [-0.25, -0.2) is 4.98 Å². The van der Waals surface area contributed by atoms with Gasteiger partial charge >= 0.3 is 0 Å². The number of hydrogen-bond donors (Lipinski definition) is 0. The van der Waals surface area contributed by atoms with Crippen LogP contribution in [0.25, 0.3) is 0 Å². The molecular weight excluding hydrogens is 190 g/mol. The molecular formula is C11H15N3O. The van der Waals surface area contributed by atoms with Crippen LogP contribution in [0.1, 0.15) is 12.8 Å². The summed E-state index contributed by atoms with van der Waals surface area (Å²) in [7, 11) is 1.74. The fourth-order valence-corrected chi connectivity index (χ4v) is 1.83. The van der Waals surface area contributed by atoms with Crippen molar-refractivity contribution >= 4 is 5.82 Å². The van der Waals surface area contributed by atoms with E-state index in [9.17, 15) is 4.79 Å². The first-order chi connectivity index (χ1) is 7.18. The summed E-state index contributed by atoms with van der Waals surface area (Å²) in [6.07, 6.45) is 5.45. The largest absolute Gasteiger partial charge is 0.348 e.